The van der Waals surface area contributed by atoms with Crippen molar-refractivity contribution in [1.82, 2.24) is 10.6 Å². The minimum Gasteiger partial charge on any atom is -0.475 e. The Kier molecular flexibility index (Phi) is 6.79. The lowest BCUT2D eigenvalue weighted by atomic mass is 10.1. The molecule has 8 nitrogen and oxygen atoms in total. The van der Waals surface area contributed by atoms with E-state index >= 15 is 0 Å². The van der Waals surface area contributed by atoms with Crippen molar-refractivity contribution in [2.24, 2.45) is 5.73 Å². The van der Waals surface area contributed by atoms with Crippen LogP contribution in [0.15, 0.2) is 0 Å². The van der Waals surface area contributed by atoms with Crippen LogP contribution in [0.25, 0.3) is 0 Å². The second-order valence-electron chi connectivity index (χ2n) is 4.10. The monoisotopic (exact) mass is 313 g/mol. The van der Waals surface area contributed by atoms with Crippen LogP contribution in [0.5, 0.6) is 0 Å². The van der Waals surface area contributed by atoms with Crippen LogP contribution in [0, 0.1) is 0 Å². The quantitative estimate of drug-likeness (QED) is 0.477. The summed E-state index contributed by atoms with van der Waals surface area (Å²) in [6.07, 6.45) is -4.50. The predicted molar refractivity (Wildman–Crippen MR) is 61.7 cm³/mol. The maximum atomic E-state index is 11.2. The van der Waals surface area contributed by atoms with Gasteiger partial charge >= 0.3 is 12.1 Å². The van der Waals surface area contributed by atoms with Crippen LogP contribution >= 0.6 is 0 Å². The zero-order valence-electron chi connectivity index (χ0n) is 10.9. The van der Waals surface area contributed by atoms with Gasteiger partial charge in [-0.15, -0.1) is 0 Å². The van der Waals surface area contributed by atoms with Gasteiger partial charge in [0.1, 0.15) is 6.04 Å². The largest absolute Gasteiger partial charge is 0.490 e. The number of hydrogen-bond donors (Lipinski definition) is 4. The molecule has 3 amide bonds. The summed E-state index contributed by atoms with van der Waals surface area (Å²) in [6, 6.07) is -1.29. The van der Waals surface area contributed by atoms with E-state index in [0.29, 0.717) is 6.42 Å². The molecule has 120 valence electrons. The standard InChI is InChI=1S/C8H13N3O3.C2HF3O2/c1-4(9)7(13)10-5-2-3-6(12)11-8(5)14;3-2(4,5)1(6)7/h4-5H,2-3,9H2,1H3,(H,10,13)(H,11,12,14);(H,6,7)/t4-,5-;/m0./s1. The fourth-order valence-electron chi connectivity index (χ4n) is 1.13. The molecule has 0 aromatic rings. The number of aliphatic carboxylic acids is 1. The molecule has 0 unspecified atom stereocenters. The zero-order valence-corrected chi connectivity index (χ0v) is 10.9. The van der Waals surface area contributed by atoms with Gasteiger partial charge in [0.05, 0.1) is 6.04 Å². The Labute approximate surface area is 116 Å². The highest BCUT2D eigenvalue weighted by Gasteiger charge is 2.38. The van der Waals surface area contributed by atoms with Gasteiger partial charge in [0, 0.05) is 6.42 Å². The van der Waals surface area contributed by atoms with Crippen LogP contribution < -0.4 is 16.4 Å². The van der Waals surface area contributed by atoms with Gasteiger partial charge in [-0.25, -0.2) is 4.79 Å². The van der Waals surface area contributed by atoms with Crippen LogP contribution in [0.1, 0.15) is 19.8 Å². The first kappa shape index (κ1) is 18.8. The lowest BCUT2D eigenvalue weighted by Crippen LogP contribution is -2.54. The van der Waals surface area contributed by atoms with Crippen molar-refractivity contribution < 1.29 is 37.5 Å². The minimum atomic E-state index is -5.08. The van der Waals surface area contributed by atoms with Crippen LogP contribution in [0.3, 0.4) is 0 Å². The summed E-state index contributed by atoms with van der Waals surface area (Å²) in [7, 11) is 0. The lowest BCUT2D eigenvalue weighted by Gasteiger charge is -2.22. The number of nitrogens with two attached hydrogens (primary N) is 1. The first-order chi connectivity index (χ1) is 9.45. The number of carboxylic acids is 1. The van der Waals surface area contributed by atoms with Crippen molar-refractivity contribution >= 4 is 23.7 Å². The molecule has 5 N–H and O–H groups in total. The molecule has 11 heteroatoms. The van der Waals surface area contributed by atoms with Crippen molar-refractivity contribution in [2.45, 2.75) is 38.0 Å². The highest BCUT2D eigenvalue weighted by atomic mass is 19.4. The third-order valence-corrected chi connectivity index (χ3v) is 2.21. The summed E-state index contributed by atoms with van der Waals surface area (Å²) >= 11 is 0. The van der Waals surface area contributed by atoms with Gasteiger partial charge in [0.15, 0.2) is 0 Å². The smallest absolute Gasteiger partial charge is 0.475 e. The van der Waals surface area contributed by atoms with Gasteiger partial charge in [-0.3, -0.25) is 19.7 Å². The van der Waals surface area contributed by atoms with Gasteiger partial charge in [0.2, 0.25) is 17.7 Å². The number of amides is 3. The van der Waals surface area contributed by atoms with Crippen molar-refractivity contribution in [2.75, 3.05) is 0 Å². The summed E-state index contributed by atoms with van der Waals surface area (Å²) in [5, 5.41) is 11.7. The van der Waals surface area contributed by atoms with Gasteiger partial charge in [-0.1, -0.05) is 0 Å². The van der Waals surface area contributed by atoms with Crippen molar-refractivity contribution in [1.29, 1.82) is 0 Å². The van der Waals surface area contributed by atoms with Gasteiger partial charge in [0.25, 0.3) is 0 Å². The molecule has 1 aliphatic rings. The second-order valence-corrected chi connectivity index (χ2v) is 4.10. The van der Waals surface area contributed by atoms with Crippen molar-refractivity contribution in [3.05, 3.63) is 0 Å². The van der Waals surface area contributed by atoms with E-state index in [0.717, 1.165) is 0 Å². The van der Waals surface area contributed by atoms with E-state index < -0.39 is 30.1 Å². The number of hydrogen-bond acceptors (Lipinski definition) is 5. The Hall–Kier alpha value is -2.17. The summed E-state index contributed by atoms with van der Waals surface area (Å²) < 4.78 is 31.7. The van der Waals surface area contributed by atoms with E-state index in [1.165, 1.54) is 6.92 Å². The number of halogens is 3. The highest BCUT2D eigenvalue weighted by Crippen LogP contribution is 2.13. The number of carboxylic acid groups (broad SMARTS) is 1. The third kappa shape index (κ3) is 7.25. The number of carbonyl (C=O) groups is 4. The molecule has 21 heavy (non-hydrogen) atoms. The minimum absolute atomic E-state index is 0.246. The molecule has 0 bridgehead atoms. The molecular weight excluding hydrogens is 299 g/mol. The molecule has 0 radical (unpaired) electrons. The van der Waals surface area contributed by atoms with Crippen molar-refractivity contribution in [3.8, 4) is 0 Å². The Morgan fingerprint density at radius 3 is 2.24 bits per heavy atom. The predicted octanol–water partition coefficient (Wildman–Crippen LogP) is -1.11. The van der Waals surface area contributed by atoms with E-state index in [4.69, 9.17) is 15.6 Å². The van der Waals surface area contributed by atoms with E-state index in [2.05, 4.69) is 10.6 Å². The first-order valence-electron chi connectivity index (χ1n) is 5.65. The molecule has 1 fully saturated rings. The average Bonchev–Trinajstić information content (AvgIpc) is 2.32. The third-order valence-electron chi connectivity index (χ3n) is 2.21. The van der Waals surface area contributed by atoms with E-state index in [9.17, 15) is 27.6 Å². The van der Waals surface area contributed by atoms with Crippen LogP contribution in [0.4, 0.5) is 13.2 Å². The molecule has 1 heterocycles. The number of nitrogens with one attached hydrogen (secondary N) is 2. The summed E-state index contributed by atoms with van der Waals surface area (Å²) in [5.41, 5.74) is 5.32. The average molecular weight is 313 g/mol. The maximum Gasteiger partial charge on any atom is 0.490 e. The second kappa shape index (κ2) is 7.57. The molecule has 0 saturated carbocycles. The Balaban J connectivity index is 0.000000486. The number of piperidine rings is 1. The molecule has 0 aromatic carbocycles. The number of carbonyl (C=O) groups excluding carboxylic acids is 3. The lowest BCUT2D eigenvalue weighted by molar-refractivity contribution is -0.192. The van der Waals surface area contributed by atoms with Crippen molar-refractivity contribution in [3.63, 3.8) is 0 Å². The maximum absolute atomic E-state index is 11.2. The number of imide groups is 1. The molecule has 1 rings (SSSR count). The molecule has 0 aromatic heterocycles. The highest BCUT2D eigenvalue weighted by molar-refractivity contribution is 6.01. The molecular formula is C10H14F3N3O5. The summed E-state index contributed by atoms with van der Waals surface area (Å²) in [4.78, 5) is 42.0. The molecule has 1 saturated heterocycles. The van der Waals surface area contributed by atoms with E-state index in [1.54, 1.807) is 0 Å². The van der Waals surface area contributed by atoms with Gasteiger partial charge in [-0.2, -0.15) is 13.2 Å². The first-order valence-corrected chi connectivity index (χ1v) is 5.65. The van der Waals surface area contributed by atoms with Crippen LogP contribution in [0.2, 0.25) is 0 Å². The van der Waals surface area contributed by atoms with Crippen LogP contribution in [-0.2, 0) is 19.2 Å². The summed E-state index contributed by atoms with van der Waals surface area (Å²) in [5.74, 6) is -3.91. The Bertz CT molecular complexity index is 436. The number of alkyl halides is 3. The normalized spacial score (nSPS) is 19.8. The molecule has 0 aliphatic carbocycles. The zero-order chi connectivity index (χ0) is 16.8. The fraction of sp³-hybridized carbons (Fsp3) is 0.600. The Morgan fingerprint density at radius 1 is 1.43 bits per heavy atom. The van der Waals surface area contributed by atoms with Crippen LogP contribution in [-0.4, -0.2) is 47.1 Å². The SMILES string of the molecule is C[C@H](N)C(=O)N[C@H]1CCC(=O)NC1=O.O=C(O)C(F)(F)F. The molecule has 2 atom stereocenters. The number of rotatable bonds is 2. The fourth-order valence-corrected chi connectivity index (χ4v) is 1.13. The van der Waals surface area contributed by atoms with E-state index in [-0.39, 0.29) is 18.2 Å². The molecule has 1 aliphatic heterocycles. The van der Waals surface area contributed by atoms with Gasteiger partial charge in [-0.05, 0) is 13.3 Å². The topological polar surface area (TPSA) is 139 Å². The van der Waals surface area contributed by atoms with E-state index in [1.807, 2.05) is 0 Å². The molecule has 0 spiro atoms. The van der Waals surface area contributed by atoms with Gasteiger partial charge < -0.3 is 16.2 Å². The summed E-state index contributed by atoms with van der Waals surface area (Å²) in [6.45, 7) is 1.53. The Morgan fingerprint density at radius 2 is 1.90 bits per heavy atom.